The molecule has 0 aromatic rings. The van der Waals surface area contributed by atoms with Crippen LogP contribution in [-0.2, 0) is 4.74 Å². The molecule has 0 spiro atoms. The maximum atomic E-state index is 12.5. The predicted molar refractivity (Wildman–Crippen MR) is 63.2 cm³/mol. The van der Waals surface area contributed by atoms with E-state index in [9.17, 15) is 26.3 Å². The van der Waals surface area contributed by atoms with Crippen molar-refractivity contribution in [2.45, 2.75) is 44.6 Å². The standard InChI is InChI=1S/C13H16F6O2/c1-3-9-6-8(2)4-5-10(9)21-7-11(20,12(14,15)16)13(17,18)19/h5-6,8,20H,3-4,7H2,1-2H3. The highest BCUT2D eigenvalue weighted by Crippen LogP contribution is 2.43. The Labute approximate surface area is 118 Å². The van der Waals surface area contributed by atoms with Gasteiger partial charge < -0.3 is 9.84 Å². The maximum Gasteiger partial charge on any atom is 0.429 e. The summed E-state index contributed by atoms with van der Waals surface area (Å²) in [5.41, 5.74) is -4.36. The van der Waals surface area contributed by atoms with E-state index in [4.69, 9.17) is 5.11 Å². The average Bonchev–Trinajstić information content (AvgIpc) is 2.33. The molecule has 0 heterocycles. The van der Waals surface area contributed by atoms with Gasteiger partial charge >= 0.3 is 12.4 Å². The van der Waals surface area contributed by atoms with Gasteiger partial charge in [-0.25, -0.2) is 0 Å². The molecular weight excluding hydrogens is 302 g/mol. The summed E-state index contributed by atoms with van der Waals surface area (Å²) in [6, 6.07) is 0. The van der Waals surface area contributed by atoms with Crippen molar-refractivity contribution in [3.05, 3.63) is 23.5 Å². The molecular formula is C13H16F6O2. The lowest BCUT2D eigenvalue weighted by Gasteiger charge is -2.33. The molecule has 0 aliphatic heterocycles. The summed E-state index contributed by atoms with van der Waals surface area (Å²) in [6.45, 7) is 1.66. The van der Waals surface area contributed by atoms with E-state index in [1.54, 1.807) is 13.0 Å². The van der Waals surface area contributed by atoms with Gasteiger partial charge in [-0.2, -0.15) is 26.3 Å². The lowest BCUT2D eigenvalue weighted by molar-refractivity contribution is -0.376. The molecule has 0 radical (unpaired) electrons. The Balaban J connectivity index is 2.92. The van der Waals surface area contributed by atoms with Crippen molar-refractivity contribution in [2.24, 2.45) is 5.92 Å². The minimum absolute atomic E-state index is 0.0393. The molecule has 1 atom stereocenters. The summed E-state index contributed by atoms with van der Waals surface area (Å²) < 4.78 is 79.7. The van der Waals surface area contributed by atoms with E-state index in [-0.39, 0.29) is 11.7 Å². The van der Waals surface area contributed by atoms with Crippen LogP contribution >= 0.6 is 0 Å². The molecule has 0 aromatic heterocycles. The van der Waals surface area contributed by atoms with Crippen LogP contribution in [0, 0.1) is 5.92 Å². The van der Waals surface area contributed by atoms with Crippen LogP contribution < -0.4 is 0 Å². The number of rotatable bonds is 4. The highest BCUT2D eigenvalue weighted by Gasteiger charge is 2.71. The van der Waals surface area contributed by atoms with Gasteiger partial charge in [-0.3, -0.25) is 0 Å². The summed E-state index contributed by atoms with van der Waals surface area (Å²) in [5, 5.41) is 9.00. The quantitative estimate of drug-likeness (QED) is 0.790. The van der Waals surface area contributed by atoms with Gasteiger partial charge in [0.15, 0.2) is 0 Å². The number of hydrogen-bond acceptors (Lipinski definition) is 2. The molecule has 1 unspecified atom stereocenters. The van der Waals surface area contributed by atoms with E-state index < -0.39 is 24.6 Å². The molecule has 0 fully saturated rings. The third-order valence-electron chi connectivity index (χ3n) is 3.23. The fraction of sp³-hybridized carbons (Fsp3) is 0.692. The Bertz CT molecular complexity index is 419. The smallest absolute Gasteiger partial charge is 0.429 e. The van der Waals surface area contributed by atoms with Crippen molar-refractivity contribution in [1.82, 2.24) is 0 Å². The van der Waals surface area contributed by atoms with Crippen molar-refractivity contribution in [1.29, 1.82) is 0 Å². The molecule has 0 saturated heterocycles. The number of halogens is 6. The Morgan fingerprint density at radius 3 is 2.14 bits per heavy atom. The predicted octanol–water partition coefficient (Wildman–Crippen LogP) is 4.12. The van der Waals surface area contributed by atoms with Crippen LogP contribution in [0.5, 0.6) is 0 Å². The Morgan fingerprint density at radius 1 is 1.19 bits per heavy atom. The molecule has 1 aliphatic carbocycles. The number of aliphatic hydroxyl groups is 1. The Hall–Kier alpha value is -1.18. The SMILES string of the molecule is CCC1=CC(C)CC=C1OCC(O)(C(F)(F)F)C(F)(F)F. The van der Waals surface area contributed by atoms with Crippen LogP contribution in [0.4, 0.5) is 26.3 Å². The van der Waals surface area contributed by atoms with E-state index in [2.05, 4.69) is 4.74 Å². The lowest BCUT2D eigenvalue weighted by atomic mass is 9.95. The molecule has 1 N–H and O–H groups in total. The monoisotopic (exact) mass is 318 g/mol. The second-order valence-corrected chi connectivity index (χ2v) is 4.97. The van der Waals surface area contributed by atoms with Gasteiger partial charge in [0.25, 0.3) is 5.60 Å². The van der Waals surface area contributed by atoms with Crippen molar-refractivity contribution < 1.29 is 36.2 Å². The topological polar surface area (TPSA) is 29.5 Å². The van der Waals surface area contributed by atoms with E-state index in [1.807, 2.05) is 6.92 Å². The maximum absolute atomic E-state index is 12.5. The first-order chi connectivity index (χ1) is 9.42. The molecule has 1 rings (SSSR count). The van der Waals surface area contributed by atoms with Crippen LogP contribution in [0.1, 0.15) is 26.7 Å². The van der Waals surface area contributed by atoms with Crippen molar-refractivity contribution >= 4 is 0 Å². The number of alkyl halides is 6. The van der Waals surface area contributed by atoms with Crippen molar-refractivity contribution in [2.75, 3.05) is 6.61 Å². The normalized spacial score (nSPS) is 20.9. The molecule has 0 aromatic carbocycles. The zero-order chi connectivity index (χ0) is 16.5. The third kappa shape index (κ3) is 3.72. The number of hydrogen-bond donors (Lipinski definition) is 1. The van der Waals surface area contributed by atoms with E-state index >= 15 is 0 Å². The summed E-state index contributed by atoms with van der Waals surface area (Å²) >= 11 is 0. The van der Waals surface area contributed by atoms with Crippen molar-refractivity contribution in [3.63, 3.8) is 0 Å². The fourth-order valence-electron chi connectivity index (χ4n) is 1.87. The van der Waals surface area contributed by atoms with Gasteiger partial charge in [0.05, 0.1) is 0 Å². The van der Waals surface area contributed by atoms with Crippen LogP contribution in [-0.4, -0.2) is 29.7 Å². The van der Waals surface area contributed by atoms with Crippen LogP contribution in [0.15, 0.2) is 23.5 Å². The molecule has 0 bridgehead atoms. The minimum atomic E-state index is -5.87. The Kier molecular flexibility index (Phi) is 5.02. The summed E-state index contributed by atoms with van der Waals surface area (Å²) in [6.07, 6.45) is -7.71. The first kappa shape index (κ1) is 17.9. The number of ether oxygens (including phenoxy) is 1. The van der Waals surface area contributed by atoms with Crippen LogP contribution in [0.3, 0.4) is 0 Å². The van der Waals surface area contributed by atoms with Gasteiger partial charge in [-0.05, 0) is 30.4 Å². The number of allylic oxidation sites excluding steroid dienone is 3. The largest absolute Gasteiger partial charge is 0.490 e. The molecule has 1 aliphatic rings. The molecule has 0 amide bonds. The Morgan fingerprint density at radius 2 is 1.71 bits per heavy atom. The third-order valence-corrected chi connectivity index (χ3v) is 3.23. The summed E-state index contributed by atoms with van der Waals surface area (Å²) in [5.74, 6) is 0.0962. The van der Waals surface area contributed by atoms with E-state index in [0.29, 0.717) is 18.4 Å². The first-order valence-electron chi connectivity index (χ1n) is 6.32. The minimum Gasteiger partial charge on any atom is -0.490 e. The second-order valence-electron chi connectivity index (χ2n) is 4.97. The van der Waals surface area contributed by atoms with Gasteiger partial charge in [0.1, 0.15) is 12.4 Å². The lowest BCUT2D eigenvalue weighted by Crippen LogP contribution is -2.59. The fourth-order valence-corrected chi connectivity index (χ4v) is 1.87. The molecule has 122 valence electrons. The first-order valence-corrected chi connectivity index (χ1v) is 6.32. The van der Waals surface area contributed by atoms with Crippen LogP contribution in [0.25, 0.3) is 0 Å². The zero-order valence-electron chi connectivity index (χ0n) is 11.5. The average molecular weight is 318 g/mol. The van der Waals surface area contributed by atoms with Crippen LogP contribution in [0.2, 0.25) is 0 Å². The van der Waals surface area contributed by atoms with Gasteiger partial charge in [-0.1, -0.05) is 19.9 Å². The molecule has 21 heavy (non-hydrogen) atoms. The highest BCUT2D eigenvalue weighted by molar-refractivity contribution is 5.29. The highest BCUT2D eigenvalue weighted by atomic mass is 19.4. The van der Waals surface area contributed by atoms with E-state index in [1.165, 1.54) is 6.08 Å². The van der Waals surface area contributed by atoms with Gasteiger partial charge in [-0.15, -0.1) is 0 Å². The molecule has 2 nitrogen and oxygen atoms in total. The zero-order valence-corrected chi connectivity index (χ0v) is 11.5. The van der Waals surface area contributed by atoms with Crippen molar-refractivity contribution in [3.8, 4) is 0 Å². The summed E-state index contributed by atoms with van der Waals surface area (Å²) in [4.78, 5) is 0. The molecule has 8 heteroatoms. The second kappa shape index (κ2) is 5.90. The summed E-state index contributed by atoms with van der Waals surface area (Å²) in [7, 11) is 0. The van der Waals surface area contributed by atoms with E-state index in [0.717, 1.165) is 0 Å². The van der Waals surface area contributed by atoms with Gasteiger partial charge in [0.2, 0.25) is 0 Å². The van der Waals surface area contributed by atoms with Gasteiger partial charge in [0, 0.05) is 0 Å². The molecule has 0 saturated carbocycles.